The van der Waals surface area contributed by atoms with E-state index in [1.807, 2.05) is 23.9 Å². The lowest BCUT2D eigenvalue weighted by Gasteiger charge is -2.24. The molecule has 0 saturated heterocycles. The Hall–Kier alpha value is -1.13. The second-order valence-corrected chi connectivity index (χ2v) is 6.51. The van der Waals surface area contributed by atoms with Crippen molar-refractivity contribution in [3.05, 3.63) is 40.1 Å². The van der Waals surface area contributed by atoms with E-state index in [0.717, 1.165) is 6.54 Å². The zero-order valence-electron chi connectivity index (χ0n) is 11.6. The molecule has 1 aliphatic carbocycles. The first-order valence-corrected chi connectivity index (χ1v) is 7.94. The number of nitrogens with zero attached hydrogens (tertiary/aromatic N) is 2. The van der Waals surface area contributed by atoms with E-state index in [9.17, 15) is 0 Å². The number of hydrogen-bond donors (Lipinski definition) is 1. The molecule has 2 aromatic rings. The number of aromatic nitrogens is 2. The summed E-state index contributed by atoms with van der Waals surface area (Å²) in [6.45, 7) is 5.30. The van der Waals surface area contributed by atoms with E-state index >= 15 is 0 Å². The van der Waals surface area contributed by atoms with Crippen LogP contribution in [0.25, 0.3) is 0 Å². The van der Waals surface area contributed by atoms with Gasteiger partial charge in [-0.3, -0.25) is 0 Å². The Balaban J connectivity index is 1.69. The van der Waals surface area contributed by atoms with Crippen LogP contribution in [-0.4, -0.2) is 9.55 Å². The fourth-order valence-electron chi connectivity index (χ4n) is 2.86. The molecule has 102 valence electrons. The third-order valence-corrected chi connectivity index (χ3v) is 4.88. The zero-order chi connectivity index (χ0) is 13.2. The molecule has 0 fully saturated rings. The van der Waals surface area contributed by atoms with E-state index in [2.05, 4.69) is 40.2 Å². The van der Waals surface area contributed by atoms with Gasteiger partial charge in [-0.05, 0) is 50.1 Å². The zero-order valence-corrected chi connectivity index (χ0v) is 12.4. The fourth-order valence-corrected chi connectivity index (χ4v) is 3.85. The lowest BCUT2D eigenvalue weighted by atomic mass is 9.94. The van der Waals surface area contributed by atoms with Crippen molar-refractivity contribution in [2.45, 2.75) is 51.7 Å². The predicted molar refractivity (Wildman–Crippen MR) is 79.4 cm³/mol. The smallest absolute Gasteiger partial charge is 0.0951 e. The summed E-state index contributed by atoms with van der Waals surface area (Å²) < 4.78 is 2.24. The molecule has 1 aliphatic rings. The molecule has 4 heteroatoms. The van der Waals surface area contributed by atoms with Crippen LogP contribution in [0.3, 0.4) is 0 Å². The van der Waals surface area contributed by atoms with Gasteiger partial charge in [0.15, 0.2) is 0 Å². The molecule has 3 nitrogen and oxygen atoms in total. The first-order valence-electron chi connectivity index (χ1n) is 7.06. The minimum absolute atomic E-state index is 0.474. The third kappa shape index (κ3) is 2.60. The molecule has 0 amide bonds. The molecule has 2 heterocycles. The minimum Gasteiger partial charge on any atom is -0.331 e. The van der Waals surface area contributed by atoms with E-state index in [-0.39, 0.29) is 0 Å². The number of thiophene rings is 1. The molecular formula is C15H21N3S. The van der Waals surface area contributed by atoms with Crippen molar-refractivity contribution in [2.24, 2.45) is 0 Å². The Morgan fingerprint density at radius 3 is 3.26 bits per heavy atom. The summed E-state index contributed by atoms with van der Waals surface area (Å²) in [7, 11) is 0. The van der Waals surface area contributed by atoms with Gasteiger partial charge >= 0.3 is 0 Å². The van der Waals surface area contributed by atoms with Crippen LogP contribution in [0.15, 0.2) is 24.0 Å². The Labute approximate surface area is 118 Å². The van der Waals surface area contributed by atoms with Gasteiger partial charge in [0.05, 0.1) is 12.0 Å². The Bertz CT molecular complexity index is 541. The van der Waals surface area contributed by atoms with E-state index in [4.69, 9.17) is 0 Å². The SMILES string of the molecule is CC(C)n1cncc1CNC1CCCc2sccc21. The van der Waals surface area contributed by atoms with E-state index < -0.39 is 0 Å². The monoisotopic (exact) mass is 275 g/mol. The van der Waals surface area contributed by atoms with Crippen molar-refractivity contribution in [1.82, 2.24) is 14.9 Å². The number of nitrogens with one attached hydrogen (secondary N) is 1. The molecule has 1 N–H and O–H groups in total. The molecule has 19 heavy (non-hydrogen) atoms. The molecule has 2 aromatic heterocycles. The second-order valence-electron chi connectivity index (χ2n) is 5.51. The topological polar surface area (TPSA) is 29.9 Å². The van der Waals surface area contributed by atoms with Gasteiger partial charge in [0.25, 0.3) is 0 Å². The maximum absolute atomic E-state index is 4.27. The number of aryl methyl sites for hydroxylation is 1. The molecule has 1 atom stereocenters. The molecule has 0 saturated carbocycles. The number of rotatable bonds is 4. The number of fused-ring (bicyclic) bond motifs is 1. The first kappa shape index (κ1) is 12.9. The number of hydrogen-bond acceptors (Lipinski definition) is 3. The lowest BCUT2D eigenvalue weighted by Crippen LogP contribution is -2.25. The van der Waals surface area contributed by atoms with Crippen LogP contribution in [-0.2, 0) is 13.0 Å². The van der Waals surface area contributed by atoms with Crippen LogP contribution in [0, 0.1) is 0 Å². The first-order chi connectivity index (χ1) is 9.25. The summed E-state index contributed by atoms with van der Waals surface area (Å²) in [5.74, 6) is 0. The molecule has 0 bridgehead atoms. The molecule has 0 aliphatic heterocycles. The van der Waals surface area contributed by atoms with Crippen LogP contribution >= 0.6 is 11.3 Å². The summed E-state index contributed by atoms with van der Waals surface area (Å²) in [6, 6.07) is 3.28. The number of imidazole rings is 1. The normalized spacial score (nSPS) is 18.8. The van der Waals surface area contributed by atoms with Gasteiger partial charge in [-0.1, -0.05) is 0 Å². The summed E-state index contributed by atoms with van der Waals surface area (Å²) in [5.41, 5.74) is 2.80. The second kappa shape index (κ2) is 5.47. The van der Waals surface area contributed by atoms with Crippen molar-refractivity contribution in [1.29, 1.82) is 0 Å². The molecule has 0 radical (unpaired) electrons. The van der Waals surface area contributed by atoms with Crippen LogP contribution in [0.1, 0.15) is 54.9 Å². The molecular weight excluding hydrogens is 254 g/mol. The largest absolute Gasteiger partial charge is 0.331 e. The van der Waals surface area contributed by atoms with Crippen LogP contribution in [0.5, 0.6) is 0 Å². The van der Waals surface area contributed by atoms with Gasteiger partial charge < -0.3 is 9.88 Å². The minimum atomic E-state index is 0.474. The van der Waals surface area contributed by atoms with Crippen molar-refractivity contribution >= 4 is 11.3 Å². The Kier molecular flexibility index (Phi) is 3.71. The van der Waals surface area contributed by atoms with Crippen molar-refractivity contribution < 1.29 is 0 Å². The molecule has 0 spiro atoms. The van der Waals surface area contributed by atoms with E-state index in [1.54, 1.807) is 4.88 Å². The van der Waals surface area contributed by atoms with Gasteiger partial charge in [-0.15, -0.1) is 11.3 Å². The highest BCUT2D eigenvalue weighted by molar-refractivity contribution is 7.10. The average molecular weight is 275 g/mol. The lowest BCUT2D eigenvalue weighted by molar-refractivity contribution is 0.448. The van der Waals surface area contributed by atoms with Crippen LogP contribution < -0.4 is 5.32 Å². The van der Waals surface area contributed by atoms with Crippen molar-refractivity contribution in [3.8, 4) is 0 Å². The van der Waals surface area contributed by atoms with Gasteiger partial charge in [0, 0.05) is 29.7 Å². The van der Waals surface area contributed by atoms with Gasteiger partial charge in [0.1, 0.15) is 0 Å². The third-order valence-electron chi connectivity index (χ3n) is 3.88. The quantitative estimate of drug-likeness (QED) is 0.922. The average Bonchev–Trinajstić information content (AvgIpc) is 3.04. The highest BCUT2D eigenvalue weighted by Crippen LogP contribution is 2.33. The summed E-state index contributed by atoms with van der Waals surface area (Å²) in [4.78, 5) is 5.84. The molecule has 1 unspecified atom stereocenters. The highest BCUT2D eigenvalue weighted by Gasteiger charge is 2.21. The van der Waals surface area contributed by atoms with Gasteiger partial charge in [-0.2, -0.15) is 0 Å². The van der Waals surface area contributed by atoms with Gasteiger partial charge in [0.2, 0.25) is 0 Å². The van der Waals surface area contributed by atoms with Crippen molar-refractivity contribution in [2.75, 3.05) is 0 Å². The van der Waals surface area contributed by atoms with Crippen LogP contribution in [0.2, 0.25) is 0 Å². The summed E-state index contributed by atoms with van der Waals surface area (Å²) in [6.07, 6.45) is 7.71. The maximum atomic E-state index is 4.27. The van der Waals surface area contributed by atoms with E-state index in [1.165, 1.54) is 30.5 Å². The van der Waals surface area contributed by atoms with Gasteiger partial charge in [-0.25, -0.2) is 4.98 Å². The Morgan fingerprint density at radius 1 is 1.53 bits per heavy atom. The summed E-state index contributed by atoms with van der Waals surface area (Å²) in [5, 5.41) is 5.93. The van der Waals surface area contributed by atoms with E-state index in [0.29, 0.717) is 12.1 Å². The maximum Gasteiger partial charge on any atom is 0.0951 e. The highest BCUT2D eigenvalue weighted by atomic mass is 32.1. The van der Waals surface area contributed by atoms with Crippen LogP contribution in [0.4, 0.5) is 0 Å². The predicted octanol–water partition coefficient (Wildman–Crippen LogP) is 3.69. The molecule has 3 rings (SSSR count). The standard InChI is InChI=1S/C15H21N3S/c1-11(2)18-10-16-8-12(18)9-17-14-4-3-5-15-13(14)6-7-19-15/h6-8,10-11,14,17H,3-5,9H2,1-2H3. The fraction of sp³-hybridized carbons (Fsp3) is 0.533. The van der Waals surface area contributed by atoms with Crippen molar-refractivity contribution in [3.63, 3.8) is 0 Å². The molecule has 0 aromatic carbocycles. The Morgan fingerprint density at radius 2 is 2.42 bits per heavy atom. The summed E-state index contributed by atoms with van der Waals surface area (Å²) >= 11 is 1.90.